The number of halogens is 1. The number of nitrogens with zero attached hydrogens (tertiary/aromatic N) is 1. The molecular formula is C14H17BrN2O. The van der Waals surface area contributed by atoms with Gasteiger partial charge in [-0.3, -0.25) is 4.98 Å². The van der Waals surface area contributed by atoms with E-state index in [2.05, 4.69) is 39.2 Å². The highest BCUT2D eigenvalue weighted by atomic mass is 79.9. The molecule has 0 fully saturated rings. The van der Waals surface area contributed by atoms with Crippen LogP contribution in [0.25, 0.3) is 0 Å². The molecule has 2 aromatic heterocycles. The highest BCUT2D eigenvalue weighted by molar-refractivity contribution is 9.10. The van der Waals surface area contributed by atoms with Gasteiger partial charge in [0.2, 0.25) is 0 Å². The van der Waals surface area contributed by atoms with Crippen LogP contribution in [0.3, 0.4) is 0 Å². The zero-order valence-corrected chi connectivity index (χ0v) is 12.2. The van der Waals surface area contributed by atoms with Gasteiger partial charge in [-0.15, -0.1) is 0 Å². The van der Waals surface area contributed by atoms with Crippen LogP contribution in [0.2, 0.25) is 0 Å². The van der Waals surface area contributed by atoms with Gasteiger partial charge in [0.05, 0.1) is 12.3 Å². The Morgan fingerprint density at radius 1 is 1.39 bits per heavy atom. The molecule has 1 N–H and O–H groups in total. The predicted molar refractivity (Wildman–Crippen MR) is 75.5 cm³/mol. The minimum Gasteiger partial charge on any atom is -0.457 e. The van der Waals surface area contributed by atoms with Crippen molar-refractivity contribution in [2.45, 2.75) is 26.3 Å². The molecule has 0 aliphatic heterocycles. The quantitative estimate of drug-likeness (QED) is 0.912. The summed E-state index contributed by atoms with van der Waals surface area (Å²) in [5.74, 6) is 0. The molecule has 0 aliphatic carbocycles. The average Bonchev–Trinajstić information content (AvgIpc) is 2.78. The molecule has 4 heteroatoms. The second kappa shape index (κ2) is 6.16. The Kier molecular flexibility index (Phi) is 4.55. The summed E-state index contributed by atoms with van der Waals surface area (Å²) in [5, 5.41) is 3.52. The molecule has 0 aromatic carbocycles. The number of hydrogen-bond acceptors (Lipinski definition) is 3. The summed E-state index contributed by atoms with van der Waals surface area (Å²) in [5.41, 5.74) is 3.28. The monoisotopic (exact) mass is 308 g/mol. The van der Waals surface area contributed by atoms with Crippen molar-refractivity contribution in [2.75, 3.05) is 6.54 Å². The lowest BCUT2D eigenvalue weighted by molar-refractivity contribution is 0.523. The standard InChI is InChI=1S/C14H17BrN2O/c1-3-7-16-13(12-6-8-18-14(12)15)11-5-4-10(2)17-9-11/h4-6,8-9,13,16H,3,7H2,1-2H3. The van der Waals surface area contributed by atoms with Gasteiger partial charge in [-0.1, -0.05) is 13.0 Å². The van der Waals surface area contributed by atoms with E-state index in [1.54, 1.807) is 6.26 Å². The molecule has 0 radical (unpaired) electrons. The number of rotatable bonds is 5. The van der Waals surface area contributed by atoms with Crippen LogP contribution in [0.4, 0.5) is 0 Å². The minimum atomic E-state index is 0.117. The van der Waals surface area contributed by atoms with Crippen molar-refractivity contribution in [3.8, 4) is 0 Å². The Labute approximate surface area is 116 Å². The van der Waals surface area contributed by atoms with Gasteiger partial charge in [0.15, 0.2) is 4.67 Å². The second-order valence-electron chi connectivity index (χ2n) is 4.27. The maximum atomic E-state index is 5.33. The number of pyridine rings is 1. The smallest absolute Gasteiger partial charge is 0.174 e. The van der Waals surface area contributed by atoms with Crippen LogP contribution in [0.5, 0.6) is 0 Å². The maximum Gasteiger partial charge on any atom is 0.174 e. The summed E-state index contributed by atoms with van der Waals surface area (Å²) >= 11 is 3.44. The van der Waals surface area contributed by atoms with Gasteiger partial charge >= 0.3 is 0 Å². The van der Waals surface area contributed by atoms with Crippen LogP contribution in [0, 0.1) is 6.92 Å². The van der Waals surface area contributed by atoms with E-state index in [9.17, 15) is 0 Å². The zero-order valence-electron chi connectivity index (χ0n) is 10.6. The van der Waals surface area contributed by atoms with Gasteiger partial charge < -0.3 is 9.73 Å². The first-order valence-electron chi connectivity index (χ1n) is 6.11. The average molecular weight is 309 g/mol. The lowest BCUT2D eigenvalue weighted by atomic mass is 10.0. The van der Waals surface area contributed by atoms with Gasteiger partial charge in [-0.05, 0) is 53.5 Å². The Bertz CT molecular complexity index is 493. The van der Waals surface area contributed by atoms with Crippen LogP contribution < -0.4 is 5.32 Å². The molecule has 0 spiro atoms. The highest BCUT2D eigenvalue weighted by Gasteiger charge is 2.18. The highest BCUT2D eigenvalue weighted by Crippen LogP contribution is 2.29. The number of aromatic nitrogens is 1. The maximum absolute atomic E-state index is 5.33. The van der Waals surface area contributed by atoms with E-state index in [1.807, 2.05) is 25.3 Å². The Morgan fingerprint density at radius 3 is 2.78 bits per heavy atom. The molecule has 1 atom stereocenters. The fourth-order valence-electron chi connectivity index (χ4n) is 1.86. The zero-order chi connectivity index (χ0) is 13.0. The second-order valence-corrected chi connectivity index (χ2v) is 4.99. The first-order valence-corrected chi connectivity index (χ1v) is 6.90. The molecule has 0 amide bonds. The van der Waals surface area contributed by atoms with E-state index < -0.39 is 0 Å². The summed E-state index contributed by atoms with van der Waals surface area (Å²) in [6.07, 6.45) is 4.70. The minimum absolute atomic E-state index is 0.117. The van der Waals surface area contributed by atoms with Gasteiger partial charge in [-0.2, -0.15) is 0 Å². The number of furan rings is 1. The molecule has 2 rings (SSSR count). The van der Waals surface area contributed by atoms with Crippen molar-refractivity contribution in [3.05, 3.63) is 52.1 Å². The summed E-state index contributed by atoms with van der Waals surface area (Å²) in [7, 11) is 0. The molecule has 0 aliphatic rings. The summed E-state index contributed by atoms with van der Waals surface area (Å²) in [6.45, 7) is 5.10. The van der Waals surface area contributed by atoms with E-state index in [4.69, 9.17) is 4.42 Å². The Hall–Kier alpha value is -1.13. The third-order valence-electron chi connectivity index (χ3n) is 2.82. The van der Waals surface area contributed by atoms with Crippen molar-refractivity contribution in [1.29, 1.82) is 0 Å². The van der Waals surface area contributed by atoms with Crippen LogP contribution in [-0.2, 0) is 0 Å². The van der Waals surface area contributed by atoms with E-state index in [1.165, 1.54) is 0 Å². The molecule has 2 aromatic rings. The molecular weight excluding hydrogens is 292 g/mol. The van der Waals surface area contributed by atoms with Crippen LogP contribution in [-0.4, -0.2) is 11.5 Å². The molecule has 96 valence electrons. The SMILES string of the molecule is CCCNC(c1ccc(C)nc1)c1ccoc1Br. The number of nitrogens with one attached hydrogen (secondary N) is 1. The van der Waals surface area contributed by atoms with Gasteiger partial charge in [0, 0.05) is 17.5 Å². The lowest BCUT2D eigenvalue weighted by Crippen LogP contribution is -2.23. The van der Waals surface area contributed by atoms with E-state index in [-0.39, 0.29) is 6.04 Å². The van der Waals surface area contributed by atoms with E-state index in [0.29, 0.717) is 0 Å². The van der Waals surface area contributed by atoms with Crippen molar-refractivity contribution in [3.63, 3.8) is 0 Å². The van der Waals surface area contributed by atoms with Crippen molar-refractivity contribution < 1.29 is 4.42 Å². The Balaban J connectivity index is 2.30. The molecule has 0 saturated carbocycles. The topological polar surface area (TPSA) is 38.1 Å². The molecule has 1 unspecified atom stereocenters. The predicted octanol–water partition coefficient (Wildman–Crippen LogP) is 3.83. The third-order valence-corrected chi connectivity index (χ3v) is 3.47. The van der Waals surface area contributed by atoms with Crippen LogP contribution >= 0.6 is 15.9 Å². The first-order chi connectivity index (χ1) is 8.72. The number of aryl methyl sites for hydroxylation is 1. The van der Waals surface area contributed by atoms with Crippen molar-refractivity contribution in [1.82, 2.24) is 10.3 Å². The van der Waals surface area contributed by atoms with Gasteiger partial charge in [0.1, 0.15) is 0 Å². The van der Waals surface area contributed by atoms with Gasteiger partial charge in [-0.25, -0.2) is 0 Å². The summed E-state index contributed by atoms with van der Waals surface area (Å²) in [4.78, 5) is 4.36. The third kappa shape index (κ3) is 3.00. The van der Waals surface area contributed by atoms with Crippen molar-refractivity contribution >= 4 is 15.9 Å². The molecule has 2 heterocycles. The van der Waals surface area contributed by atoms with Crippen molar-refractivity contribution in [2.24, 2.45) is 0 Å². The Morgan fingerprint density at radius 2 is 2.22 bits per heavy atom. The van der Waals surface area contributed by atoms with Gasteiger partial charge in [0.25, 0.3) is 0 Å². The molecule has 3 nitrogen and oxygen atoms in total. The first kappa shape index (κ1) is 13.3. The molecule has 18 heavy (non-hydrogen) atoms. The number of hydrogen-bond donors (Lipinski definition) is 1. The lowest BCUT2D eigenvalue weighted by Gasteiger charge is -2.18. The summed E-state index contributed by atoms with van der Waals surface area (Å²) in [6, 6.07) is 6.24. The fourth-order valence-corrected chi connectivity index (χ4v) is 2.33. The largest absolute Gasteiger partial charge is 0.457 e. The van der Waals surface area contributed by atoms with Crippen LogP contribution in [0.15, 0.2) is 39.7 Å². The summed E-state index contributed by atoms with van der Waals surface area (Å²) < 4.78 is 6.10. The fraction of sp³-hybridized carbons (Fsp3) is 0.357. The van der Waals surface area contributed by atoms with Crippen LogP contribution in [0.1, 0.15) is 36.2 Å². The molecule has 0 bridgehead atoms. The molecule has 0 saturated heterocycles. The van der Waals surface area contributed by atoms with E-state index >= 15 is 0 Å². The van der Waals surface area contributed by atoms with E-state index in [0.717, 1.165) is 34.5 Å². The normalized spacial score (nSPS) is 12.6.